The summed E-state index contributed by atoms with van der Waals surface area (Å²) in [6.07, 6.45) is 3.46. The number of benzene rings is 1. The van der Waals surface area contributed by atoms with Crippen molar-refractivity contribution < 1.29 is 14.5 Å². The molecule has 0 aliphatic rings. The van der Waals surface area contributed by atoms with Crippen LogP contribution in [-0.2, 0) is 18.4 Å². The van der Waals surface area contributed by atoms with Crippen molar-refractivity contribution in [3.63, 3.8) is 0 Å². The lowest BCUT2D eigenvalue weighted by Crippen LogP contribution is -2.44. The largest absolute Gasteiger partial charge is 0.353 e. The van der Waals surface area contributed by atoms with E-state index in [0.29, 0.717) is 18.7 Å². The average Bonchev–Trinajstić information content (AvgIpc) is 3.10. The minimum Gasteiger partial charge on any atom is -0.353 e. The van der Waals surface area contributed by atoms with Gasteiger partial charge in [-0.15, -0.1) is 6.58 Å². The number of nitrogens with zero attached hydrogens (tertiary/aromatic N) is 4. The van der Waals surface area contributed by atoms with Crippen molar-refractivity contribution >= 4 is 17.5 Å². The molecule has 166 valence electrons. The lowest BCUT2D eigenvalue weighted by Gasteiger charge is -2.28. The molecule has 0 radical (unpaired) electrons. The second-order valence-corrected chi connectivity index (χ2v) is 8.01. The first-order valence-corrected chi connectivity index (χ1v) is 10.2. The van der Waals surface area contributed by atoms with E-state index in [1.165, 1.54) is 17.0 Å². The van der Waals surface area contributed by atoms with Crippen LogP contribution in [-0.4, -0.2) is 50.7 Å². The molecule has 1 heterocycles. The number of nitro groups is 1. The van der Waals surface area contributed by atoms with Crippen LogP contribution in [0.1, 0.15) is 35.5 Å². The Labute approximate surface area is 182 Å². The van der Waals surface area contributed by atoms with Gasteiger partial charge in [-0.3, -0.25) is 19.7 Å². The predicted molar refractivity (Wildman–Crippen MR) is 120 cm³/mol. The summed E-state index contributed by atoms with van der Waals surface area (Å²) in [4.78, 5) is 40.0. The SMILES string of the molecule is C=CCN(CC(=O)N(Cc1cccn1C)CC(C)C)C(=O)c1ccc(C)c([N+](=O)[O-])c1. The van der Waals surface area contributed by atoms with Gasteiger partial charge in [0.15, 0.2) is 0 Å². The van der Waals surface area contributed by atoms with E-state index >= 15 is 0 Å². The van der Waals surface area contributed by atoms with Gasteiger partial charge in [0.05, 0.1) is 11.5 Å². The summed E-state index contributed by atoms with van der Waals surface area (Å²) in [5.74, 6) is -0.376. The second kappa shape index (κ2) is 10.6. The fourth-order valence-electron chi connectivity index (χ4n) is 3.31. The normalized spacial score (nSPS) is 10.7. The highest BCUT2D eigenvalue weighted by atomic mass is 16.6. The third kappa shape index (κ3) is 6.28. The number of hydrogen-bond acceptors (Lipinski definition) is 4. The van der Waals surface area contributed by atoms with E-state index in [1.807, 2.05) is 43.8 Å². The van der Waals surface area contributed by atoms with Gasteiger partial charge >= 0.3 is 0 Å². The van der Waals surface area contributed by atoms with Crippen LogP contribution >= 0.6 is 0 Å². The molecule has 1 aromatic carbocycles. The number of rotatable bonds is 10. The lowest BCUT2D eigenvalue weighted by molar-refractivity contribution is -0.385. The third-order valence-corrected chi connectivity index (χ3v) is 4.96. The first kappa shape index (κ1) is 23.9. The number of aromatic nitrogens is 1. The molecule has 0 unspecified atom stereocenters. The Morgan fingerprint density at radius 3 is 2.52 bits per heavy atom. The standard InChI is InChI=1S/C23H30N4O4/c1-6-11-25(23(29)19-10-9-18(4)21(13-19)27(30)31)16-22(28)26(14-17(2)3)15-20-8-7-12-24(20)5/h6-10,12-13,17H,1,11,14-16H2,2-5H3. The highest BCUT2D eigenvalue weighted by Gasteiger charge is 2.24. The van der Waals surface area contributed by atoms with E-state index < -0.39 is 10.8 Å². The van der Waals surface area contributed by atoms with Gasteiger partial charge in [-0.1, -0.05) is 26.0 Å². The smallest absolute Gasteiger partial charge is 0.273 e. The minimum absolute atomic E-state index is 0.124. The maximum atomic E-state index is 13.1. The van der Waals surface area contributed by atoms with Crippen LogP contribution in [0.5, 0.6) is 0 Å². The number of hydrogen-bond donors (Lipinski definition) is 0. The number of carbonyl (C=O) groups is 2. The van der Waals surface area contributed by atoms with Crippen molar-refractivity contribution in [2.45, 2.75) is 27.3 Å². The molecule has 0 bridgehead atoms. The van der Waals surface area contributed by atoms with Gasteiger partial charge in [0.1, 0.15) is 6.54 Å². The van der Waals surface area contributed by atoms with E-state index in [-0.39, 0.29) is 36.2 Å². The molecule has 0 saturated heterocycles. The molecule has 0 saturated carbocycles. The molecule has 0 N–H and O–H groups in total. The van der Waals surface area contributed by atoms with Crippen molar-refractivity contribution in [3.8, 4) is 0 Å². The molecule has 0 aliphatic carbocycles. The summed E-state index contributed by atoms with van der Waals surface area (Å²) in [5, 5.41) is 11.2. The van der Waals surface area contributed by atoms with Gasteiger partial charge < -0.3 is 14.4 Å². The summed E-state index contributed by atoms with van der Waals surface area (Å²) < 4.78 is 1.96. The summed E-state index contributed by atoms with van der Waals surface area (Å²) in [5.41, 5.74) is 1.51. The van der Waals surface area contributed by atoms with E-state index in [2.05, 4.69) is 6.58 Å². The maximum absolute atomic E-state index is 13.1. The van der Waals surface area contributed by atoms with Crippen molar-refractivity contribution in [3.05, 3.63) is 76.1 Å². The molecule has 2 rings (SSSR count). The Balaban J connectivity index is 2.24. The Bertz CT molecular complexity index is 964. The average molecular weight is 427 g/mol. The Hall–Kier alpha value is -3.42. The molecule has 8 nitrogen and oxygen atoms in total. The summed E-state index contributed by atoms with van der Waals surface area (Å²) in [6.45, 7) is 10.4. The highest BCUT2D eigenvalue weighted by Crippen LogP contribution is 2.20. The molecule has 0 fully saturated rings. The monoisotopic (exact) mass is 426 g/mol. The first-order valence-electron chi connectivity index (χ1n) is 10.2. The molecule has 1 aromatic heterocycles. The number of nitro benzene ring substituents is 1. The van der Waals surface area contributed by atoms with Crippen LogP contribution in [0, 0.1) is 23.0 Å². The molecular weight excluding hydrogens is 396 g/mol. The summed E-state index contributed by atoms with van der Waals surface area (Å²) in [7, 11) is 1.92. The van der Waals surface area contributed by atoms with Crippen molar-refractivity contribution in [1.29, 1.82) is 0 Å². The molecule has 31 heavy (non-hydrogen) atoms. The van der Waals surface area contributed by atoms with Gasteiger partial charge in [-0.05, 0) is 31.0 Å². The minimum atomic E-state index is -0.515. The van der Waals surface area contributed by atoms with Crippen LogP contribution in [0.4, 0.5) is 5.69 Å². The summed E-state index contributed by atoms with van der Waals surface area (Å²) in [6, 6.07) is 8.22. The van der Waals surface area contributed by atoms with Gasteiger partial charge in [0.2, 0.25) is 5.91 Å². The molecule has 8 heteroatoms. The van der Waals surface area contributed by atoms with Crippen molar-refractivity contribution in [2.24, 2.45) is 13.0 Å². The Kier molecular flexibility index (Phi) is 8.13. The number of amides is 2. The predicted octanol–water partition coefficient (Wildman–Crippen LogP) is 3.55. The van der Waals surface area contributed by atoms with E-state index in [4.69, 9.17) is 0 Å². The second-order valence-electron chi connectivity index (χ2n) is 8.01. The topological polar surface area (TPSA) is 88.7 Å². The molecule has 2 amide bonds. The zero-order valence-corrected chi connectivity index (χ0v) is 18.6. The molecule has 0 aliphatic heterocycles. The first-order chi connectivity index (χ1) is 14.6. The van der Waals surface area contributed by atoms with Crippen molar-refractivity contribution in [2.75, 3.05) is 19.6 Å². The summed E-state index contributed by atoms with van der Waals surface area (Å²) >= 11 is 0. The Morgan fingerprint density at radius 1 is 1.26 bits per heavy atom. The zero-order valence-electron chi connectivity index (χ0n) is 18.6. The molecule has 0 atom stereocenters. The van der Waals surface area contributed by atoms with Gasteiger partial charge in [-0.2, -0.15) is 0 Å². The molecular formula is C23H30N4O4. The number of aryl methyl sites for hydroxylation is 2. The van der Waals surface area contributed by atoms with Gasteiger partial charge in [0, 0.05) is 49.2 Å². The number of carbonyl (C=O) groups excluding carboxylic acids is 2. The van der Waals surface area contributed by atoms with E-state index in [1.54, 1.807) is 24.0 Å². The van der Waals surface area contributed by atoms with Gasteiger partial charge in [0.25, 0.3) is 11.6 Å². The zero-order chi connectivity index (χ0) is 23.1. The van der Waals surface area contributed by atoms with Gasteiger partial charge in [-0.25, -0.2) is 0 Å². The Morgan fingerprint density at radius 2 is 1.97 bits per heavy atom. The molecule has 0 spiro atoms. The van der Waals surface area contributed by atoms with Crippen LogP contribution < -0.4 is 0 Å². The van der Waals surface area contributed by atoms with Crippen molar-refractivity contribution in [1.82, 2.24) is 14.4 Å². The van der Waals surface area contributed by atoms with E-state index in [9.17, 15) is 19.7 Å². The van der Waals surface area contributed by atoms with Crippen LogP contribution in [0.3, 0.4) is 0 Å². The fraction of sp³-hybridized carbons (Fsp3) is 0.391. The third-order valence-electron chi connectivity index (χ3n) is 4.96. The van der Waals surface area contributed by atoms with E-state index in [0.717, 1.165) is 5.69 Å². The molecule has 2 aromatic rings. The quantitative estimate of drug-likeness (QED) is 0.330. The fourth-order valence-corrected chi connectivity index (χ4v) is 3.31. The lowest BCUT2D eigenvalue weighted by atomic mass is 10.1. The highest BCUT2D eigenvalue weighted by molar-refractivity contribution is 5.97. The maximum Gasteiger partial charge on any atom is 0.273 e. The van der Waals surface area contributed by atoms with Crippen LogP contribution in [0.25, 0.3) is 0 Å². The van der Waals surface area contributed by atoms with Crippen LogP contribution in [0.15, 0.2) is 49.2 Å². The van der Waals surface area contributed by atoms with Crippen LogP contribution in [0.2, 0.25) is 0 Å².